The maximum atomic E-state index is 5.12. The Balaban J connectivity index is 1.90. The van der Waals surface area contributed by atoms with E-state index in [0.717, 1.165) is 11.1 Å². The van der Waals surface area contributed by atoms with Crippen LogP contribution in [0.4, 0.5) is 0 Å². The molecule has 1 saturated carbocycles. The highest BCUT2D eigenvalue weighted by Crippen LogP contribution is 2.38. The highest BCUT2D eigenvalue weighted by atomic mass is 32.2. The molecule has 98 valence electrons. The summed E-state index contributed by atoms with van der Waals surface area (Å²) in [6.07, 6.45) is 5.32. The Hall–Kier alpha value is -0.220. The summed E-state index contributed by atoms with van der Waals surface area (Å²) in [7, 11) is 1.73. The maximum Gasteiger partial charge on any atom is 0.157 e. The van der Waals surface area contributed by atoms with E-state index < -0.39 is 0 Å². The Morgan fingerprint density at radius 3 is 2.88 bits per heavy atom. The third kappa shape index (κ3) is 3.38. The van der Waals surface area contributed by atoms with E-state index in [1.165, 1.54) is 31.4 Å². The van der Waals surface area contributed by atoms with E-state index in [1.54, 1.807) is 7.11 Å². The van der Waals surface area contributed by atoms with Crippen LogP contribution in [0, 0.1) is 5.92 Å². The van der Waals surface area contributed by atoms with Crippen LogP contribution in [0.5, 0.6) is 0 Å². The minimum absolute atomic E-state index is 0.257. The Labute approximate surface area is 109 Å². The number of rotatable bonds is 3. The van der Waals surface area contributed by atoms with Crippen LogP contribution >= 0.6 is 11.8 Å². The molecule has 1 aliphatic carbocycles. The fourth-order valence-electron chi connectivity index (χ4n) is 2.64. The Bertz CT molecular complexity index is 285. The van der Waals surface area contributed by atoms with Crippen molar-refractivity contribution in [2.24, 2.45) is 10.9 Å². The molecule has 2 fully saturated rings. The summed E-state index contributed by atoms with van der Waals surface area (Å²) in [4.78, 5) is 4.68. The predicted octanol–water partition coefficient (Wildman–Crippen LogP) is 2.66. The number of amidine groups is 1. The van der Waals surface area contributed by atoms with Gasteiger partial charge in [0.25, 0.3) is 0 Å². The van der Waals surface area contributed by atoms with Crippen LogP contribution in [0.2, 0.25) is 0 Å². The van der Waals surface area contributed by atoms with E-state index in [4.69, 9.17) is 4.74 Å². The van der Waals surface area contributed by atoms with Gasteiger partial charge in [-0.2, -0.15) is 0 Å². The highest BCUT2D eigenvalue weighted by molar-refractivity contribution is 8.14. The van der Waals surface area contributed by atoms with E-state index in [1.807, 2.05) is 11.8 Å². The molecule has 4 heteroatoms. The maximum absolute atomic E-state index is 5.12. The molecule has 0 aromatic carbocycles. The Morgan fingerprint density at radius 2 is 2.24 bits per heavy atom. The van der Waals surface area contributed by atoms with E-state index in [0.29, 0.717) is 12.1 Å². The molecule has 1 spiro atoms. The molecular formula is C13H24N2OS. The van der Waals surface area contributed by atoms with Crippen molar-refractivity contribution in [1.29, 1.82) is 0 Å². The van der Waals surface area contributed by atoms with Gasteiger partial charge in [-0.15, -0.1) is 0 Å². The third-order valence-corrected chi connectivity index (χ3v) is 5.01. The fraction of sp³-hybridized carbons (Fsp3) is 0.923. The molecule has 1 atom stereocenters. The average Bonchev–Trinajstić information content (AvgIpc) is 2.67. The van der Waals surface area contributed by atoms with Gasteiger partial charge in [0.05, 0.1) is 12.6 Å². The molecule has 0 bridgehead atoms. The number of methoxy groups -OCH3 is 1. The van der Waals surface area contributed by atoms with Crippen LogP contribution in [0.15, 0.2) is 4.99 Å². The second kappa shape index (κ2) is 5.61. The molecule has 2 aliphatic rings. The van der Waals surface area contributed by atoms with E-state index >= 15 is 0 Å². The monoisotopic (exact) mass is 256 g/mol. The van der Waals surface area contributed by atoms with Crippen molar-refractivity contribution >= 4 is 16.9 Å². The molecule has 2 rings (SSSR count). The number of ether oxygens (including phenoxy) is 1. The normalized spacial score (nSPS) is 37.4. The SMILES string of the molecule is COCC(C)N=C1NC2(CCC(C)CC2)CS1. The number of hydrogen-bond donors (Lipinski definition) is 1. The number of aliphatic imine (C=N–C) groups is 1. The van der Waals surface area contributed by atoms with Gasteiger partial charge < -0.3 is 10.1 Å². The van der Waals surface area contributed by atoms with Gasteiger partial charge in [-0.1, -0.05) is 18.7 Å². The van der Waals surface area contributed by atoms with Gasteiger partial charge >= 0.3 is 0 Å². The topological polar surface area (TPSA) is 33.6 Å². The van der Waals surface area contributed by atoms with E-state index in [-0.39, 0.29) is 6.04 Å². The summed E-state index contributed by atoms with van der Waals surface area (Å²) in [5, 5.41) is 4.80. The highest BCUT2D eigenvalue weighted by Gasteiger charge is 2.39. The first-order chi connectivity index (χ1) is 8.13. The zero-order valence-electron chi connectivity index (χ0n) is 11.2. The molecule has 0 amide bonds. The van der Waals surface area contributed by atoms with Crippen LogP contribution in [0.3, 0.4) is 0 Å². The van der Waals surface area contributed by atoms with Crippen molar-refractivity contribution in [3.05, 3.63) is 0 Å². The minimum Gasteiger partial charge on any atom is -0.382 e. The predicted molar refractivity (Wildman–Crippen MR) is 74.7 cm³/mol. The van der Waals surface area contributed by atoms with Crippen molar-refractivity contribution in [2.75, 3.05) is 19.5 Å². The van der Waals surface area contributed by atoms with Crippen molar-refractivity contribution in [1.82, 2.24) is 5.32 Å². The van der Waals surface area contributed by atoms with Crippen LogP contribution in [0.1, 0.15) is 39.5 Å². The molecule has 3 nitrogen and oxygen atoms in total. The summed E-state index contributed by atoms with van der Waals surface area (Å²) in [6, 6.07) is 0.257. The second-order valence-electron chi connectivity index (χ2n) is 5.62. The van der Waals surface area contributed by atoms with Crippen LogP contribution < -0.4 is 5.32 Å². The molecule has 17 heavy (non-hydrogen) atoms. The lowest BCUT2D eigenvalue weighted by atomic mass is 9.78. The molecule has 1 N–H and O–H groups in total. The van der Waals surface area contributed by atoms with Gasteiger partial charge in [-0.25, -0.2) is 0 Å². The number of thioether (sulfide) groups is 1. The molecule has 1 aliphatic heterocycles. The van der Waals surface area contributed by atoms with Gasteiger partial charge in [0.2, 0.25) is 0 Å². The lowest BCUT2D eigenvalue weighted by Gasteiger charge is -2.35. The summed E-state index contributed by atoms with van der Waals surface area (Å²) >= 11 is 1.89. The average molecular weight is 256 g/mol. The lowest BCUT2D eigenvalue weighted by Crippen LogP contribution is -2.46. The molecule has 0 radical (unpaired) electrons. The first-order valence-electron chi connectivity index (χ1n) is 6.61. The molecule has 0 aromatic rings. The smallest absolute Gasteiger partial charge is 0.157 e. The van der Waals surface area contributed by atoms with E-state index in [2.05, 4.69) is 24.2 Å². The second-order valence-corrected chi connectivity index (χ2v) is 6.58. The quantitative estimate of drug-likeness (QED) is 0.843. The number of nitrogens with zero attached hydrogens (tertiary/aromatic N) is 1. The van der Waals surface area contributed by atoms with Crippen molar-refractivity contribution in [3.63, 3.8) is 0 Å². The van der Waals surface area contributed by atoms with Crippen molar-refractivity contribution < 1.29 is 4.74 Å². The molecular weight excluding hydrogens is 232 g/mol. The van der Waals surface area contributed by atoms with Crippen molar-refractivity contribution in [2.45, 2.75) is 51.1 Å². The summed E-state index contributed by atoms with van der Waals surface area (Å²) in [5.41, 5.74) is 0.350. The molecule has 1 heterocycles. The van der Waals surface area contributed by atoms with Crippen molar-refractivity contribution in [3.8, 4) is 0 Å². The Morgan fingerprint density at radius 1 is 1.53 bits per heavy atom. The third-order valence-electron chi connectivity index (χ3n) is 3.83. The van der Waals surface area contributed by atoms with Crippen LogP contribution in [-0.2, 0) is 4.74 Å². The Kier molecular flexibility index (Phi) is 4.36. The number of hydrogen-bond acceptors (Lipinski definition) is 3. The van der Waals surface area contributed by atoms with Gasteiger partial charge in [-0.3, -0.25) is 4.99 Å². The number of nitrogens with one attached hydrogen (secondary N) is 1. The van der Waals surface area contributed by atoms with Gasteiger partial charge in [0, 0.05) is 18.4 Å². The standard InChI is InChI=1S/C13H24N2OS/c1-10-4-6-13(7-5-10)9-17-12(15-13)14-11(2)8-16-3/h10-11H,4-9H2,1-3H3,(H,14,15). The van der Waals surface area contributed by atoms with Gasteiger partial charge in [-0.05, 0) is 38.5 Å². The van der Waals surface area contributed by atoms with Crippen LogP contribution in [0.25, 0.3) is 0 Å². The van der Waals surface area contributed by atoms with E-state index in [9.17, 15) is 0 Å². The largest absolute Gasteiger partial charge is 0.382 e. The fourth-order valence-corrected chi connectivity index (χ4v) is 3.95. The summed E-state index contributed by atoms with van der Waals surface area (Å²) in [6.45, 7) is 5.17. The summed E-state index contributed by atoms with van der Waals surface area (Å²) in [5.74, 6) is 2.10. The zero-order valence-corrected chi connectivity index (χ0v) is 12.0. The zero-order chi connectivity index (χ0) is 12.3. The molecule has 1 saturated heterocycles. The molecule has 0 aromatic heterocycles. The first-order valence-corrected chi connectivity index (χ1v) is 7.60. The lowest BCUT2D eigenvalue weighted by molar-refractivity contribution is 0.185. The minimum atomic E-state index is 0.257. The van der Waals surface area contributed by atoms with Gasteiger partial charge in [0.15, 0.2) is 5.17 Å². The van der Waals surface area contributed by atoms with Crippen LogP contribution in [-0.4, -0.2) is 36.2 Å². The first kappa shape index (κ1) is 13.2. The summed E-state index contributed by atoms with van der Waals surface area (Å²) < 4.78 is 5.12. The van der Waals surface area contributed by atoms with Gasteiger partial charge in [0.1, 0.15) is 0 Å². The molecule has 1 unspecified atom stereocenters.